The fourth-order valence-electron chi connectivity index (χ4n) is 2.03. The van der Waals surface area contributed by atoms with Crippen molar-refractivity contribution in [2.24, 2.45) is 0 Å². The molecule has 0 spiro atoms. The minimum absolute atomic E-state index is 0.737. The van der Waals surface area contributed by atoms with Gasteiger partial charge in [0.05, 0.1) is 5.69 Å². The Kier molecular flexibility index (Phi) is 2.69. The van der Waals surface area contributed by atoms with E-state index in [9.17, 15) is 0 Å². The van der Waals surface area contributed by atoms with Crippen molar-refractivity contribution in [3.63, 3.8) is 0 Å². The molecule has 1 N–H and O–H groups in total. The topological polar surface area (TPSA) is 29.9 Å². The Bertz CT molecular complexity index is 498. The highest BCUT2D eigenvalue weighted by molar-refractivity contribution is 5.42. The molecule has 17 heavy (non-hydrogen) atoms. The number of hydrogen-bond donors (Lipinski definition) is 1. The zero-order valence-electron chi connectivity index (χ0n) is 10.1. The van der Waals surface area contributed by atoms with Crippen LogP contribution in [0.4, 0.5) is 0 Å². The van der Waals surface area contributed by atoms with E-state index in [0.29, 0.717) is 0 Å². The van der Waals surface area contributed by atoms with E-state index in [4.69, 9.17) is 0 Å². The smallest absolute Gasteiger partial charge is 0.0690 e. The molecule has 0 bridgehead atoms. The molecule has 1 aliphatic rings. The minimum Gasteiger partial charge on any atom is -0.310 e. The van der Waals surface area contributed by atoms with Gasteiger partial charge in [0.15, 0.2) is 0 Å². The Morgan fingerprint density at radius 1 is 1.41 bits per heavy atom. The lowest BCUT2D eigenvalue weighted by Crippen LogP contribution is -2.17. The van der Waals surface area contributed by atoms with Crippen LogP contribution < -0.4 is 5.32 Å². The van der Waals surface area contributed by atoms with Gasteiger partial charge in [-0.2, -0.15) is 5.10 Å². The first-order valence-corrected chi connectivity index (χ1v) is 6.16. The lowest BCUT2D eigenvalue weighted by Gasteiger charge is -2.11. The third kappa shape index (κ3) is 2.39. The molecule has 88 valence electrons. The monoisotopic (exact) mass is 227 g/mol. The van der Waals surface area contributed by atoms with Gasteiger partial charge < -0.3 is 5.32 Å². The zero-order chi connectivity index (χ0) is 11.7. The van der Waals surface area contributed by atoms with Crippen LogP contribution in [0.2, 0.25) is 0 Å². The number of aryl methyl sites for hydroxylation is 1. The van der Waals surface area contributed by atoms with Gasteiger partial charge in [-0.25, -0.2) is 4.68 Å². The molecule has 1 saturated carbocycles. The van der Waals surface area contributed by atoms with Crippen molar-refractivity contribution in [3.8, 4) is 5.69 Å². The fraction of sp³-hybridized carbons (Fsp3) is 0.357. The highest BCUT2D eigenvalue weighted by atomic mass is 15.3. The van der Waals surface area contributed by atoms with Gasteiger partial charge in [0.25, 0.3) is 0 Å². The van der Waals surface area contributed by atoms with Crippen LogP contribution in [0.3, 0.4) is 0 Å². The largest absolute Gasteiger partial charge is 0.310 e. The molecule has 1 aromatic carbocycles. The second kappa shape index (κ2) is 4.34. The zero-order valence-corrected chi connectivity index (χ0v) is 10.1. The van der Waals surface area contributed by atoms with Crippen molar-refractivity contribution in [2.75, 3.05) is 0 Å². The maximum Gasteiger partial charge on any atom is 0.0690 e. The van der Waals surface area contributed by atoms with Gasteiger partial charge in [-0.15, -0.1) is 0 Å². The highest BCUT2D eigenvalue weighted by Gasteiger charge is 2.20. The van der Waals surface area contributed by atoms with E-state index < -0.39 is 0 Å². The molecule has 0 amide bonds. The minimum atomic E-state index is 0.737. The van der Waals surface area contributed by atoms with E-state index in [-0.39, 0.29) is 0 Å². The molecule has 0 saturated heterocycles. The third-order valence-corrected chi connectivity index (χ3v) is 3.14. The Balaban J connectivity index is 1.89. The normalized spacial score (nSPS) is 15.1. The SMILES string of the molecule is Cc1ccc(-n2cccn2)c(CNC2CC2)c1. The second-order valence-corrected chi connectivity index (χ2v) is 4.74. The first-order chi connectivity index (χ1) is 8.33. The van der Waals surface area contributed by atoms with Gasteiger partial charge in [0.1, 0.15) is 0 Å². The van der Waals surface area contributed by atoms with Crippen molar-refractivity contribution >= 4 is 0 Å². The molecule has 2 aromatic rings. The average molecular weight is 227 g/mol. The Hall–Kier alpha value is -1.61. The predicted octanol–water partition coefficient (Wildman–Crippen LogP) is 2.43. The summed E-state index contributed by atoms with van der Waals surface area (Å²) in [4.78, 5) is 0. The summed E-state index contributed by atoms with van der Waals surface area (Å²) in [6, 6.07) is 9.22. The van der Waals surface area contributed by atoms with Gasteiger partial charge in [-0.1, -0.05) is 17.7 Å². The van der Waals surface area contributed by atoms with Crippen LogP contribution in [0.1, 0.15) is 24.0 Å². The van der Waals surface area contributed by atoms with Crippen molar-refractivity contribution < 1.29 is 0 Å². The molecule has 0 unspecified atom stereocenters. The predicted molar refractivity (Wildman–Crippen MR) is 68.2 cm³/mol. The van der Waals surface area contributed by atoms with Gasteiger partial charge in [0, 0.05) is 25.0 Å². The summed E-state index contributed by atoms with van der Waals surface area (Å²) in [7, 11) is 0. The van der Waals surface area contributed by atoms with E-state index in [1.54, 1.807) is 0 Å². The summed E-state index contributed by atoms with van der Waals surface area (Å²) >= 11 is 0. The fourth-order valence-corrected chi connectivity index (χ4v) is 2.03. The molecule has 1 aromatic heterocycles. The van der Waals surface area contributed by atoms with E-state index in [2.05, 4.69) is 35.5 Å². The standard InChI is InChI=1S/C14H17N3/c1-11-3-6-14(17-8-2-7-16-17)12(9-11)10-15-13-4-5-13/h2-3,6-9,13,15H,4-5,10H2,1H3. The van der Waals surface area contributed by atoms with E-state index in [0.717, 1.165) is 12.6 Å². The van der Waals surface area contributed by atoms with Crippen molar-refractivity contribution in [1.29, 1.82) is 0 Å². The van der Waals surface area contributed by atoms with E-state index in [1.807, 2.05) is 23.1 Å². The van der Waals surface area contributed by atoms with E-state index in [1.165, 1.54) is 29.7 Å². The van der Waals surface area contributed by atoms with Crippen LogP contribution in [0.15, 0.2) is 36.7 Å². The quantitative estimate of drug-likeness (QED) is 0.869. The molecule has 3 rings (SSSR count). The van der Waals surface area contributed by atoms with Crippen molar-refractivity contribution in [2.45, 2.75) is 32.4 Å². The Morgan fingerprint density at radius 2 is 2.29 bits per heavy atom. The summed E-state index contributed by atoms with van der Waals surface area (Å²) in [5.74, 6) is 0. The number of nitrogens with one attached hydrogen (secondary N) is 1. The van der Waals surface area contributed by atoms with Crippen molar-refractivity contribution in [1.82, 2.24) is 15.1 Å². The summed E-state index contributed by atoms with van der Waals surface area (Å²) in [6.07, 6.45) is 6.45. The van der Waals surface area contributed by atoms with Gasteiger partial charge in [-0.05, 0) is 37.5 Å². The molecular weight excluding hydrogens is 210 g/mol. The lowest BCUT2D eigenvalue weighted by atomic mass is 10.1. The molecule has 1 heterocycles. The first kappa shape index (κ1) is 10.5. The van der Waals surface area contributed by atoms with Gasteiger partial charge in [0.2, 0.25) is 0 Å². The van der Waals surface area contributed by atoms with Crippen LogP contribution in [0, 0.1) is 6.92 Å². The van der Waals surface area contributed by atoms with Crippen molar-refractivity contribution in [3.05, 3.63) is 47.8 Å². The number of hydrogen-bond acceptors (Lipinski definition) is 2. The molecule has 0 radical (unpaired) electrons. The number of aromatic nitrogens is 2. The third-order valence-electron chi connectivity index (χ3n) is 3.14. The van der Waals surface area contributed by atoms with Crippen LogP contribution in [-0.4, -0.2) is 15.8 Å². The second-order valence-electron chi connectivity index (χ2n) is 4.74. The lowest BCUT2D eigenvalue weighted by molar-refractivity contribution is 0.681. The summed E-state index contributed by atoms with van der Waals surface area (Å²) in [5, 5.41) is 7.87. The van der Waals surface area contributed by atoms with Crippen LogP contribution in [0.5, 0.6) is 0 Å². The Labute approximate surface area is 101 Å². The molecule has 0 aliphatic heterocycles. The van der Waals surface area contributed by atoms with Crippen LogP contribution in [-0.2, 0) is 6.54 Å². The van der Waals surface area contributed by atoms with Gasteiger partial charge >= 0.3 is 0 Å². The number of nitrogens with zero attached hydrogens (tertiary/aromatic N) is 2. The molecule has 3 nitrogen and oxygen atoms in total. The molecule has 3 heteroatoms. The highest BCUT2D eigenvalue weighted by Crippen LogP contribution is 2.21. The first-order valence-electron chi connectivity index (χ1n) is 6.16. The molecule has 1 aliphatic carbocycles. The van der Waals surface area contributed by atoms with Gasteiger partial charge in [-0.3, -0.25) is 0 Å². The maximum absolute atomic E-state index is 4.31. The summed E-state index contributed by atoms with van der Waals surface area (Å²) in [5.41, 5.74) is 3.79. The molecule has 1 fully saturated rings. The van der Waals surface area contributed by atoms with Crippen LogP contribution in [0.25, 0.3) is 5.69 Å². The van der Waals surface area contributed by atoms with E-state index >= 15 is 0 Å². The average Bonchev–Trinajstić information content (AvgIpc) is 3.00. The molecule has 0 atom stereocenters. The maximum atomic E-state index is 4.31. The Morgan fingerprint density at radius 3 is 3.00 bits per heavy atom. The summed E-state index contributed by atoms with van der Waals surface area (Å²) in [6.45, 7) is 3.06. The number of benzene rings is 1. The van der Waals surface area contributed by atoms with Crippen LogP contribution >= 0.6 is 0 Å². The molecular formula is C14H17N3. The number of rotatable bonds is 4. The summed E-state index contributed by atoms with van der Waals surface area (Å²) < 4.78 is 1.93.